The molecule has 0 bridgehead atoms. The van der Waals surface area contributed by atoms with Crippen molar-refractivity contribution >= 4 is 21.6 Å². The number of amides is 1. The molecule has 0 spiro atoms. The minimum atomic E-state index is -3.30. The number of benzene rings is 1. The molecule has 1 rings (SSSR count). The van der Waals surface area contributed by atoms with Crippen molar-refractivity contribution < 1.29 is 13.2 Å². The largest absolute Gasteiger partial charge is 0.369 e. The fourth-order valence-electron chi connectivity index (χ4n) is 1.55. The maximum atomic E-state index is 11.2. The number of nitrogens with one attached hydrogen (secondary N) is 1. The number of para-hydroxylation sites is 1. The standard InChI is InChI=1S/C12H18N2O3S/c1-9(12(13)15)7-8-10-5-3-4-6-11(10)14-18(2,16)17/h3-6,9,14H,7-8H2,1-2H3,(H2,13,15). The molecule has 5 nitrogen and oxygen atoms in total. The smallest absolute Gasteiger partial charge is 0.229 e. The van der Waals surface area contributed by atoms with Crippen LogP contribution in [0.1, 0.15) is 18.9 Å². The normalized spacial score (nSPS) is 13.0. The monoisotopic (exact) mass is 270 g/mol. The molecule has 0 radical (unpaired) electrons. The van der Waals surface area contributed by atoms with Crippen molar-refractivity contribution in [3.8, 4) is 0 Å². The van der Waals surface area contributed by atoms with Crippen LogP contribution in [0, 0.1) is 5.92 Å². The summed E-state index contributed by atoms with van der Waals surface area (Å²) in [4.78, 5) is 10.9. The SMILES string of the molecule is CC(CCc1ccccc1NS(C)(=O)=O)C(N)=O. The second-order valence-corrected chi connectivity index (χ2v) is 6.12. The van der Waals surface area contributed by atoms with Gasteiger partial charge in [-0.25, -0.2) is 8.42 Å². The molecule has 0 aromatic heterocycles. The minimum Gasteiger partial charge on any atom is -0.369 e. The molecule has 0 saturated heterocycles. The molecule has 0 aliphatic heterocycles. The van der Waals surface area contributed by atoms with E-state index in [0.717, 1.165) is 11.8 Å². The average molecular weight is 270 g/mol. The van der Waals surface area contributed by atoms with Gasteiger partial charge in [0, 0.05) is 5.92 Å². The first-order valence-electron chi connectivity index (χ1n) is 5.64. The molecule has 100 valence electrons. The van der Waals surface area contributed by atoms with Crippen molar-refractivity contribution in [2.24, 2.45) is 11.7 Å². The van der Waals surface area contributed by atoms with E-state index in [1.165, 1.54) is 0 Å². The van der Waals surface area contributed by atoms with Crippen LogP contribution in [0.5, 0.6) is 0 Å². The first-order valence-corrected chi connectivity index (χ1v) is 7.54. The first kappa shape index (κ1) is 14.5. The summed E-state index contributed by atoms with van der Waals surface area (Å²) < 4.78 is 24.9. The van der Waals surface area contributed by atoms with Crippen LogP contribution in [0.2, 0.25) is 0 Å². The number of hydrogen-bond donors (Lipinski definition) is 2. The topological polar surface area (TPSA) is 89.3 Å². The van der Waals surface area contributed by atoms with Crippen LogP contribution in [0.4, 0.5) is 5.69 Å². The van der Waals surface area contributed by atoms with Crippen LogP contribution in [-0.4, -0.2) is 20.6 Å². The molecular weight excluding hydrogens is 252 g/mol. The van der Waals surface area contributed by atoms with Crippen LogP contribution >= 0.6 is 0 Å². The summed E-state index contributed by atoms with van der Waals surface area (Å²) >= 11 is 0. The Morgan fingerprint density at radius 3 is 2.56 bits per heavy atom. The summed E-state index contributed by atoms with van der Waals surface area (Å²) in [5, 5.41) is 0. The van der Waals surface area contributed by atoms with E-state index in [1.54, 1.807) is 19.1 Å². The molecule has 0 heterocycles. The molecule has 18 heavy (non-hydrogen) atoms. The average Bonchev–Trinajstić information content (AvgIpc) is 2.25. The van der Waals surface area contributed by atoms with E-state index in [9.17, 15) is 13.2 Å². The van der Waals surface area contributed by atoms with Gasteiger partial charge in [0.25, 0.3) is 0 Å². The highest BCUT2D eigenvalue weighted by atomic mass is 32.2. The van der Waals surface area contributed by atoms with Crippen molar-refractivity contribution in [3.63, 3.8) is 0 Å². The lowest BCUT2D eigenvalue weighted by atomic mass is 10.00. The van der Waals surface area contributed by atoms with Gasteiger partial charge in [0.1, 0.15) is 0 Å². The van der Waals surface area contributed by atoms with Crippen LogP contribution < -0.4 is 10.5 Å². The first-order chi connectivity index (χ1) is 8.29. The molecule has 1 unspecified atom stereocenters. The second-order valence-electron chi connectivity index (χ2n) is 4.37. The van der Waals surface area contributed by atoms with Gasteiger partial charge in [-0.2, -0.15) is 0 Å². The van der Waals surface area contributed by atoms with Gasteiger partial charge in [0.2, 0.25) is 15.9 Å². The number of rotatable bonds is 6. The fourth-order valence-corrected chi connectivity index (χ4v) is 2.15. The predicted molar refractivity (Wildman–Crippen MR) is 71.6 cm³/mol. The Morgan fingerprint density at radius 2 is 2.00 bits per heavy atom. The summed E-state index contributed by atoms with van der Waals surface area (Å²) in [6, 6.07) is 7.12. The Hall–Kier alpha value is -1.56. The lowest BCUT2D eigenvalue weighted by Crippen LogP contribution is -2.21. The van der Waals surface area contributed by atoms with Crippen molar-refractivity contribution in [2.75, 3.05) is 11.0 Å². The number of nitrogens with two attached hydrogens (primary N) is 1. The zero-order valence-corrected chi connectivity index (χ0v) is 11.3. The van der Waals surface area contributed by atoms with Gasteiger partial charge < -0.3 is 5.73 Å². The van der Waals surface area contributed by atoms with Gasteiger partial charge in [0.15, 0.2) is 0 Å². The quantitative estimate of drug-likeness (QED) is 0.811. The van der Waals surface area contributed by atoms with E-state index in [-0.39, 0.29) is 11.8 Å². The predicted octanol–water partition coefficient (Wildman–Crippen LogP) is 1.11. The number of hydrogen-bond acceptors (Lipinski definition) is 3. The van der Waals surface area contributed by atoms with Gasteiger partial charge in [0.05, 0.1) is 11.9 Å². The van der Waals surface area contributed by atoms with Crippen molar-refractivity contribution in [1.82, 2.24) is 0 Å². The molecule has 3 N–H and O–H groups in total. The summed E-state index contributed by atoms with van der Waals surface area (Å²) in [6.07, 6.45) is 2.30. The zero-order chi connectivity index (χ0) is 13.8. The molecule has 6 heteroatoms. The molecule has 0 aliphatic rings. The third kappa shape index (κ3) is 4.75. The Morgan fingerprint density at radius 1 is 1.39 bits per heavy atom. The van der Waals surface area contributed by atoms with Crippen LogP contribution in [0.25, 0.3) is 0 Å². The number of aryl methyl sites for hydroxylation is 1. The minimum absolute atomic E-state index is 0.226. The number of carbonyl (C=O) groups is 1. The summed E-state index contributed by atoms with van der Waals surface area (Å²) in [5.74, 6) is -0.570. The third-order valence-corrected chi connectivity index (χ3v) is 3.24. The molecular formula is C12H18N2O3S. The summed E-state index contributed by atoms with van der Waals surface area (Å²) in [7, 11) is -3.30. The van der Waals surface area contributed by atoms with Crippen LogP contribution in [0.15, 0.2) is 24.3 Å². The molecule has 1 amide bonds. The number of primary amides is 1. The van der Waals surface area contributed by atoms with Crippen LogP contribution in [-0.2, 0) is 21.2 Å². The molecule has 0 saturated carbocycles. The maximum absolute atomic E-state index is 11.2. The van der Waals surface area contributed by atoms with Gasteiger partial charge in [-0.05, 0) is 24.5 Å². The Labute approximate surface area is 107 Å². The summed E-state index contributed by atoms with van der Waals surface area (Å²) in [5.41, 5.74) is 6.60. The van der Waals surface area contributed by atoms with E-state index < -0.39 is 10.0 Å². The molecule has 0 aliphatic carbocycles. The lowest BCUT2D eigenvalue weighted by molar-refractivity contribution is -0.121. The van der Waals surface area contributed by atoms with Crippen LogP contribution in [0.3, 0.4) is 0 Å². The number of sulfonamides is 1. The Balaban J connectivity index is 2.80. The molecule has 0 fully saturated rings. The van der Waals surface area contributed by atoms with Gasteiger partial charge in [-0.3, -0.25) is 9.52 Å². The summed E-state index contributed by atoms with van der Waals surface area (Å²) in [6.45, 7) is 1.76. The highest BCUT2D eigenvalue weighted by molar-refractivity contribution is 7.92. The third-order valence-electron chi connectivity index (χ3n) is 2.65. The highest BCUT2D eigenvalue weighted by Gasteiger charge is 2.11. The molecule has 1 aromatic carbocycles. The number of anilines is 1. The maximum Gasteiger partial charge on any atom is 0.229 e. The van der Waals surface area contributed by atoms with E-state index in [0.29, 0.717) is 18.5 Å². The molecule has 1 aromatic rings. The van der Waals surface area contributed by atoms with Gasteiger partial charge in [-0.1, -0.05) is 25.1 Å². The van der Waals surface area contributed by atoms with Crippen molar-refractivity contribution in [1.29, 1.82) is 0 Å². The van der Waals surface area contributed by atoms with E-state index in [1.807, 2.05) is 12.1 Å². The fraction of sp³-hybridized carbons (Fsp3) is 0.417. The highest BCUT2D eigenvalue weighted by Crippen LogP contribution is 2.19. The van der Waals surface area contributed by atoms with E-state index in [4.69, 9.17) is 5.73 Å². The Bertz CT molecular complexity index is 526. The van der Waals surface area contributed by atoms with Crippen molar-refractivity contribution in [2.45, 2.75) is 19.8 Å². The van der Waals surface area contributed by atoms with E-state index >= 15 is 0 Å². The Kier molecular flexibility index (Phi) is 4.72. The molecule has 1 atom stereocenters. The lowest BCUT2D eigenvalue weighted by Gasteiger charge is -2.12. The van der Waals surface area contributed by atoms with E-state index in [2.05, 4.69) is 4.72 Å². The van der Waals surface area contributed by atoms with Gasteiger partial charge >= 0.3 is 0 Å². The second kappa shape index (κ2) is 5.86. The zero-order valence-electron chi connectivity index (χ0n) is 10.5. The van der Waals surface area contributed by atoms with Gasteiger partial charge in [-0.15, -0.1) is 0 Å². The van der Waals surface area contributed by atoms with Crippen molar-refractivity contribution in [3.05, 3.63) is 29.8 Å². The number of carbonyl (C=O) groups excluding carboxylic acids is 1.